The van der Waals surface area contributed by atoms with Crippen LogP contribution in [0.15, 0.2) is 18.2 Å². The van der Waals surface area contributed by atoms with Gasteiger partial charge in [0, 0.05) is 58.4 Å². The van der Waals surface area contributed by atoms with E-state index in [4.69, 9.17) is 11.6 Å². The predicted octanol–water partition coefficient (Wildman–Crippen LogP) is 2.21. The number of rotatable bonds is 3. The van der Waals surface area contributed by atoms with Crippen LogP contribution in [0.2, 0.25) is 4.34 Å². The number of aryl methyl sites for hydroxylation is 1. The van der Waals surface area contributed by atoms with Gasteiger partial charge in [0.15, 0.2) is 0 Å². The summed E-state index contributed by atoms with van der Waals surface area (Å²) in [7, 11) is 2.15. The Morgan fingerprint density at radius 3 is 2.07 bits per heavy atom. The molecule has 9 heteroatoms. The van der Waals surface area contributed by atoms with Crippen molar-refractivity contribution in [1.82, 2.24) is 19.8 Å². The van der Waals surface area contributed by atoms with Gasteiger partial charge < -0.3 is 19.6 Å². The molecule has 4 heterocycles. The molecular formula is C19H25ClN6OS. The zero-order valence-electron chi connectivity index (χ0n) is 16.3. The average Bonchev–Trinajstić information content (AvgIpc) is 3.14. The molecule has 4 rings (SSSR count). The van der Waals surface area contributed by atoms with Gasteiger partial charge in [0.1, 0.15) is 17.5 Å². The number of halogens is 1. The van der Waals surface area contributed by atoms with Crippen molar-refractivity contribution in [2.75, 3.05) is 69.2 Å². The first-order valence-electron chi connectivity index (χ1n) is 9.58. The first-order valence-corrected chi connectivity index (χ1v) is 10.8. The van der Waals surface area contributed by atoms with Crippen LogP contribution in [0.4, 0.5) is 11.6 Å². The number of carbonyl (C=O) groups is 1. The minimum atomic E-state index is 0.0635. The molecule has 28 heavy (non-hydrogen) atoms. The molecule has 0 aliphatic carbocycles. The molecule has 0 N–H and O–H groups in total. The summed E-state index contributed by atoms with van der Waals surface area (Å²) >= 11 is 7.30. The SMILES string of the molecule is Cc1nc(N2CCN(C)CC2)cc(N2CCN(C(=O)c3ccc(Cl)s3)CC2)n1. The topological polar surface area (TPSA) is 55.8 Å². The third-order valence-electron chi connectivity index (χ3n) is 5.31. The first kappa shape index (κ1) is 19.4. The van der Waals surface area contributed by atoms with Crippen LogP contribution in [0.25, 0.3) is 0 Å². The highest BCUT2D eigenvalue weighted by Gasteiger charge is 2.25. The van der Waals surface area contributed by atoms with E-state index in [1.807, 2.05) is 11.8 Å². The number of aromatic nitrogens is 2. The van der Waals surface area contributed by atoms with Gasteiger partial charge in [-0.25, -0.2) is 9.97 Å². The molecule has 150 valence electrons. The normalized spacial score (nSPS) is 18.6. The summed E-state index contributed by atoms with van der Waals surface area (Å²) in [6, 6.07) is 5.67. The van der Waals surface area contributed by atoms with E-state index in [1.54, 1.807) is 12.1 Å². The molecule has 0 aromatic carbocycles. The van der Waals surface area contributed by atoms with Crippen LogP contribution in [0.5, 0.6) is 0 Å². The predicted molar refractivity (Wildman–Crippen MR) is 114 cm³/mol. The number of hydrogen-bond donors (Lipinski definition) is 0. The second-order valence-corrected chi connectivity index (χ2v) is 9.02. The lowest BCUT2D eigenvalue weighted by Gasteiger charge is -2.36. The van der Waals surface area contributed by atoms with E-state index in [2.05, 4.69) is 37.8 Å². The van der Waals surface area contributed by atoms with Crippen molar-refractivity contribution < 1.29 is 4.79 Å². The Morgan fingerprint density at radius 1 is 0.964 bits per heavy atom. The van der Waals surface area contributed by atoms with Crippen molar-refractivity contribution in [3.05, 3.63) is 33.2 Å². The summed E-state index contributed by atoms with van der Waals surface area (Å²) in [5.74, 6) is 2.81. The summed E-state index contributed by atoms with van der Waals surface area (Å²) in [6.45, 7) is 8.91. The van der Waals surface area contributed by atoms with Gasteiger partial charge in [-0.3, -0.25) is 4.79 Å². The van der Waals surface area contributed by atoms with Gasteiger partial charge in [-0.1, -0.05) is 11.6 Å². The third-order valence-corrected chi connectivity index (χ3v) is 6.53. The molecule has 0 saturated carbocycles. The van der Waals surface area contributed by atoms with Crippen LogP contribution in [-0.2, 0) is 0 Å². The highest BCUT2D eigenvalue weighted by molar-refractivity contribution is 7.17. The van der Waals surface area contributed by atoms with Crippen LogP contribution in [0.3, 0.4) is 0 Å². The van der Waals surface area contributed by atoms with E-state index < -0.39 is 0 Å². The molecule has 2 saturated heterocycles. The van der Waals surface area contributed by atoms with Gasteiger partial charge >= 0.3 is 0 Å². The highest BCUT2D eigenvalue weighted by Crippen LogP contribution is 2.25. The van der Waals surface area contributed by atoms with Crippen molar-refractivity contribution >= 4 is 40.5 Å². The molecule has 7 nitrogen and oxygen atoms in total. The maximum atomic E-state index is 12.6. The summed E-state index contributed by atoms with van der Waals surface area (Å²) in [4.78, 5) is 31.5. The standard InChI is InChI=1S/C19H25ClN6OS/c1-14-21-17(24-7-5-23(2)6-8-24)13-18(22-14)25-9-11-26(12-10-25)19(27)15-3-4-16(20)28-15/h3-4,13H,5-12H2,1-2H3. The van der Waals surface area contributed by atoms with Gasteiger partial charge in [-0.05, 0) is 26.1 Å². The molecule has 2 aromatic heterocycles. The monoisotopic (exact) mass is 420 g/mol. The van der Waals surface area contributed by atoms with E-state index in [-0.39, 0.29) is 5.91 Å². The minimum absolute atomic E-state index is 0.0635. The number of likely N-dealkylation sites (N-methyl/N-ethyl adjacent to an activating group) is 1. The summed E-state index contributed by atoms with van der Waals surface area (Å²) in [6.07, 6.45) is 0. The Balaban J connectivity index is 1.42. The molecule has 2 fully saturated rings. The number of piperazine rings is 2. The zero-order chi connectivity index (χ0) is 19.7. The summed E-state index contributed by atoms with van der Waals surface area (Å²) < 4.78 is 0.648. The quantitative estimate of drug-likeness (QED) is 0.758. The van der Waals surface area contributed by atoms with Gasteiger partial charge in [-0.15, -0.1) is 11.3 Å². The van der Waals surface area contributed by atoms with E-state index in [0.717, 1.165) is 56.7 Å². The average molecular weight is 421 g/mol. The van der Waals surface area contributed by atoms with Gasteiger partial charge in [0.05, 0.1) is 9.21 Å². The van der Waals surface area contributed by atoms with Crippen molar-refractivity contribution in [3.63, 3.8) is 0 Å². The summed E-state index contributed by atoms with van der Waals surface area (Å²) in [5.41, 5.74) is 0. The molecule has 2 aromatic rings. The van der Waals surface area contributed by atoms with E-state index in [1.165, 1.54) is 11.3 Å². The molecule has 2 aliphatic rings. The number of thiophene rings is 1. The lowest BCUT2D eigenvalue weighted by molar-refractivity contribution is 0.0751. The third kappa shape index (κ3) is 4.24. The van der Waals surface area contributed by atoms with Gasteiger partial charge in [0.2, 0.25) is 0 Å². The van der Waals surface area contributed by atoms with E-state index >= 15 is 0 Å². The molecule has 1 amide bonds. The Morgan fingerprint density at radius 2 is 1.54 bits per heavy atom. The van der Waals surface area contributed by atoms with Crippen molar-refractivity contribution in [2.24, 2.45) is 0 Å². The van der Waals surface area contributed by atoms with Crippen molar-refractivity contribution in [2.45, 2.75) is 6.92 Å². The molecule has 0 bridgehead atoms. The number of nitrogens with zero attached hydrogens (tertiary/aromatic N) is 6. The maximum absolute atomic E-state index is 12.6. The molecule has 0 radical (unpaired) electrons. The van der Waals surface area contributed by atoms with Crippen LogP contribution in [0.1, 0.15) is 15.5 Å². The molecule has 0 unspecified atom stereocenters. The van der Waals surface area contributed by atoms with Crippen molar-refractivity contribution in [3.8, 4) is 0 Å². The van der Waals surface area contributed by atoms with Crippen LogP contribution in [0, 0.1) is 6.92 Å². The Bertz CT molecular complexity index is 843. The van der Waals surface area contributed by atoms with E-state index in [9.17, 15) is 4.79 Å². The first-order chi connectivity index (χ1) is 13.5. The molecular weight excluding hydrogens is 396 g/mol. The van der Waals surface area contributed by atoms with E-state index in [0.29, 0.717) is 22.3 Å². The maximum Gasteiger partial charge on any atom is 0.264 e. The lowest BCUT2D eigenvalue weighted by atomic mass is 10.2. The van der Waals surface area contributed by atoms with Crippen LogP contribution >= 0.6 is 22.9 Å². The highest BCUT2D eigenvalue weighted by atomic mass is 35.5. The fourth-order valence-electron chi connectivity index (χ4n) is 3.62. The fourth-order valence-corrected chi connectivity index (χ4v) is 4.63. The largest absolute Gasteiger partial charge is 0.354 e. The molecule has 0 spiro atoms. The minimum Gasteiger partial charge on any atom is -0.354 e. The number of amides is 1. The van der Waals surface area contributed by atoms with Crippen LogP contribution in [-0.4, -0.2) is 85.1 Å². The number of anilines is 2. The summed E-state index contributed by atoms with van der Waals surface area (Å²) in [5, 5.41) is 0. The fraction of sp³-hybridized carbons (Fsp3) is 0.526. The number of carbonyl (C=O) groups excluding carboxylic acids is 1. The molecule has 2 aliphatic heterocycles. The van der Waals surface area contributed by atoms with Crippen LogP contribution < -0.4 is 9.80 Å². The number of hydrogen-bond acceptors (Lipinski definition) is 7. The molecule has 0 atom stereocenters. The second kappa shape index (κ2) is 8.23. The Kier molecular flexibility index (Phi) is 5.70. The lowest BCUT2D eigenvalue weighted by Crippen LogP contribution is -2.49. The van der Waals surface area contributed by atoms with Gasteiger partial charge in [-0.2, -0.15) is 0 Å². The second-order valence-electron chi connectivity index (χ2n) is 7.30. The Hall–Kier alpha value is -1.90. The van der Waals surface area contributed by atoms with Gasteiger partial charge in [0.25, 0.3) is 5.91 Å². The smallest absolute Gasteiger partial charge is 0.264 e. The zero-order valence-corrected chi connectivity index (χ0v) is 17.8. The Labute approximate surface area is 174 Å². The van der Waals surface area contributed by atoms with Crippen molar-refractivity contribution in [1.29, 1.82) is 0 Å².